The van der Waals surface area contributed by atoms with E-state index in [0.717, 1.165) is 5.56 Å². The van der Waals surface area contributed by atoms with E-state index in [4.69, 9.17) is 4.42 Å². The summed E-state index contributed by atoms with van der Waals surface area (Å²) in [6, 6.07) is 17.0. The molecule has 180 valence electrons. The second-order valence-electron chi connectivity index (χ2n) is 8.58. The molecule has 0 unspecified atom stereocenters. The summed E-state index contributed by atoms with van der Waals surface area (Å²) in [6.07, 6.45) is 2.26. The summed E-state index contributed by atoms with van der Waals surface area (Å²) < 4.78 is 18.8. The van der Waals surface area contributed by atoms with Crippen LogP contribution < -0.4 is 5.32 Å². The van der Waals surface area contributed by atoms with Gasteiger partial charge in [0.15, 0.2) is 0 Å². The van der Waals surface area contributed by atoms with Crippen LogP contribution in [0.15, 0.2) is 71.3 Å². The van der Waals surface area contributed by atoms with Gasteiger partial charge in [-0.3, -0.25) is 4.79 Å². The van der Waals surface area contributed by atoms with E-state index in [1.807, 2.05) is 31.2 Å². The summed E-state index contributed by atoms with van der Waals surface area (Å²) in [5.74, 6) is 0.478. The molecule has 0 radical (unpaired) electrons. The number of nitrogens with one attached hydrogen (secondary N) is 1. The van der Waals surface area contributed by atoms with Gasteiger partial charge in [-0.15, -0.1) is 0 Å². The molecule has 0 aliphatic rings. The number of carbonyl (C=O) groups excluding carboxylic acids is 2. The summed E-state index contributed by atoms with van der Waals surface area (Å²) in [6.45, 7) is 7.07. The Kier molecular flexibility index (Phi) is 8.85. The van der Waals surface area contributed by atoms with Crippen LogP contribution in [0.25, 0.3) is 0 Å². The van der Waals surface area contributed by atoms with E-state index in [9.17, 15) is 14.0 Å². The Balaban J connectivity index is 1.71. The zero-order valence-electron chi connectivity index (χ0n) is 20.0. The van der Waals surface area contributed by atoms with Crippen LogP contribution in [0.5, 0.6) is 0 Å². The minimum atomic E-state index is -0.333. The average molecular weight is 466 g/mol. The third-order valence-electron chi connectivity index (χ3n) is 5.50. The first-order valence-corrected chi connectivity index (χ1v) is 11.6. The van der Waals surface area contributed by atoms with E-state index in [0.29, 0.717) is 30.3 Å². The Morgan fingerprint density at radius 2 is 1.68 bits per heavy atom. The molecule has 0 fully saturated rings. The Morgan fingerprint density at radius 1 is 0.971 bits per heavy atom. The molecule has 3 rings (SSSR count). The van der Waals surface area contributed by atoms with Crippen LogP contribution in [-0.2, 0) is 17.9 Å². The largest absolute Gasteiger partial charge is 0.467 e. The summed E-state index contributed by atoms with van der Waals surface area (Å²) in [4.78, 5) is 29.4. The maximum atomic E-state index is 13.3. The number of hydrogen-bond donors (Lipinski definition) is 1. The first-order valence-electron chi connectivity index (χ1n) is 11.6. The molecule has 34 heavy (non-hydrogen) atoms. The number of rotatable bonds is 10. The number of amides is 3. The Morgan fingerprint density at radius 3 is 2.26 bits per heavy atom. The maximum absolute atomic E-state index is 13.3. The van der Waals surface area contributed by atoms with E-state index < -0.39 is 0 Å². The fourth-order valence-electron chi connectivity index (χ4n) is 3.57. The number of urea groups is 1. The van der Waals surface area contributed by atoms with Gasteiger partial charge in [0.2, 0.25) is 5.91 Å². The number of nitrogens with zero attached hydrogens (tertiary/aromatic N) is 2. The van der Waals surface area contributed by atoms with Crippen LogP contribution in [-0.4, -0.2) is 34.8 Å². The highest BCUT2D eigenvalue weighted by molar-refractivity contribution is 5.92. The summed E-state index contributed by atoms with van der Waals surface area (Å²) >= 11 is 0. The summed E-state index contributed by atoms with van der Waals surface area (Å²) in [7, 11) is 0. The molecule has 1 aromatic heterocycles. The van der Waals surface area contributed by atoms with Gasteiger partial charge >= 0.3 is 6.03 Å². The monoisotopic (exact) mass is 465 g/mol. The van der Waals surface area contributed by atoms with Crippen molar-refractivity contribution < 1.29 is 18.4 Å². The lowest BCUT2D eigenvalue weighted by molar-refractivity contribution is -0.133. The van der Waals surface area contributed by atoms with Crippen molar-refractivity contribution in [2.24, 2.45) is 0 Å². The van der Waals surface area contributed by atoms with E-state index in [2.05, 4.69) is 19.2 Å². The van der Waals surface area contributed by atoms with Crippen molar-refractivity contribution in [1.82, 2.24) is 9.80 Å². The fraction of sp³-hybridized carbons (Fsp3) is 0.333. The second kappa shape index (κ2) is 12.0. The van der Waals surface area contributed by atoms with Crippen molar-refractivity contribution in [2.45, 2.75) is 46.2 Å². The highest BCUT2D eigenvalue weighted by Gasteiger charge is 2.22. The first kappa shape index (κ1) is 25.0. The molecular formula is C27H32FN3O3. The van der Waals surface area contributed by atoms with Crippen LogP contribution in [0, 0.1) is 5.82 Å². The molecule has 0 aliphatic heterocycles. The molecule has 2 aromatic carbocycles. The van der Waals surface area contributed by atoms with Gasteiger partial charge in [0, 0.05) is 18.8 Å². The third kappa shape index (κ3) is 7.20. The Labute approximate surface area is 200 Å². The minimum Gasteiger partial charge on any atom is -0.467 e. The topological polar surface area (TPSA) is 65.8 Å². The fourth-order valence-corrected chi connectivity index (χ4v) is 3.57. The normalized spacial score (nSPS) is 10.9. The number of furan rings is 1. The van der Waals surface area contributed by atoms with E-state index in [-0.39, 0.29) is 37.4 Å². The summed E-state index contributed by atoms with van der Waals surface area (Å²) in [5.41, 5.74) is 2.66. The van der Waals surface area contributed by atoms with Crippen LogP contribution in [0.1, 0.15) is 50.0 Å². The van der Waals surface area contributed by atoms with E-state index in [1.165, 1.54) is 22.6 Å². The quantitative estimate of drug-likeness (QED) is 0.398. The molecule has 0 spiro atoms. The molecule has 0 bridgehead atoms. The first-order chi connectivity index (χ1) is 16.4. The smallest absolute Gasteiger partial charge is 0.322 e. The highest BCUT2D eigenvalue weighted by Crippen LogP contribution is 2.18. The lowest BCUT2D eigenvalue weighted by atomic mass is 10.0. The molecule has 0 aliphatic carbocycles. The van der Waals surface area contributed by atoms with Gasteiger partial charge in [-0.25, -0.2) is 9.18 Å². The molecular weight excluding hydrogens is 433 g/mol. The molecule has 6 nitrogen and oxygen atoms in total. The van der Waals surface area contributed by atoms with Crippen LogP contribution in [0.3, 0.4) is 0 Å². The minimum absolute atomic E-state index is 0.0777. The molecule has 3 aromatic rings. The maximum Gasteiger partial charge on any atom is 0.322 e. The van der Waals surface area contributed by atoms with E-state index in [1.54, 1.807) is 35.4 Å². The van der Waals surface area contributed by atoms with Crippen LogP contribution in [0.4, 0.5) is 14.9 Å². The molecule has 0 atom stereocenters. The van der Waals surface area contributed by atoms with Gasteiger partial charge in [0.1, 0.15) is 18.1 Å². The third-order valence-corrected chi connectivity index (χ3v) is 5.50. The predicted molar refractivity (Wildman–Crippen MR) is 131 cm³/mol. The van der Waals surface area contributed by atoms with E-state index >= 15 is 0 Å². The predicted octanol–water partition coefficient (Wildman–Crippen LogP) is 6.02. The molecule has 1 heterocycles. The average Bonchev–Trinajstić information content (AvgIpc) is 3.33. The number of carbonyl (C=O) groups is 2. The number of hydrogen-bond acceptors (Lipinski definition) is 3. The second-order valence-corrected chi connectivity index (χ2v) is 8.58. The lowest BCUT2D eigenvalue weighted by Crippen LogP contribution is -2.44. The van der Waals surface area contributed by atoms with Gasteiger partial charge in [-0.1, -0.05) is 45.0 Å². The van der Waals surface area contributed by atoms with Crippen LogP contribution >= 0.6 is 0 Å². The molecule has 1 N–H and O–H groups in total. The zero-order chi connectivity index (χ0) is 24.5. The Bertz CT molecular complexity index is 1050. The van der Waals surface area contributed by atoms with Gasteiger partial charge in [0.25, 0.3) is 0 Å². The number of halogens is 1. The molecule has 3 amide bonds. The number of anilines is 1. The van der Waals surface area contributed by atoms with Gasteiger partial charge < -0.3 is 19.5 Å². The number of benzene rings is 2. The van der Waals surface area contributed by atoms with Crippen molar-refractivity contribution in [3.05, 3.63) is 89.6 Å². The van der Waals surface area contributed by atoms with Crippen molar-refractivity contribution >= 4 is 17.6 Å². The molecule has 0 saturated heterocycles. The standard InChI is InChI=1S/C27H32FN3O3/c1-4-15-30(27(33)29-24-13-9-22(10-14-24)20(2)3)19-26(32)31(18-25-6-5-16-34-25)17-21-7-11-23(28)12-8-21/h5-14,16,20H,4,15,17-19H2,1-3H3,(H,29,33). The van der Waals surface area contributed by atoms with Crippen LogP contribution in [0.2, 0.25) is 0 Å². The van der Waals surface area contributed by atoms with Crippen molar-refractivity contribution in [3.8, 4) is 0 Å². The lowest BCUT2D eigenvalue weighted by Gasteiger charge is -2.27. The van der Waals surface area contributed by atoms with Crippen molar-refractivity contribution in [2.75, 3.05) is 18.4 Å². The van der Waals surface area contributed by atoms with Gasteiger partial charge in [-0.2, -0.15) is 0 Å². The van der Waals surface area contributed by atoms with Crippen molar-refractivity contribution in [3.63, 3.8) is 0 Å². The summed E-state index contributed by atoms with van der Waals surface area (Å²) in [5, 5.41) is 2.89. The SMILES string of the molecule is CCCN(CC(=O)N(Cc1ccc(F)cc1)Cc1ccco1)C(=O)Nc1ccc(C(C)C)cc1. The zero-order valence-corrected chi connectivity index (χ0v) is 20.0. The highest BCUT2D eigenvalue weighted by atomic mass is 19.1. The van der Waals surface area contributed by atoms with Gasteiger partial charge in [-0.05, 0) is 59.9 Å². The molecule has 0 saturated carbocycles. The molecule has 7 heteroatoms. The Hall–Kier alpha value is -3.61. The van der Waals surface area contributed by atoms with Crippen molar-refractivity contribution in [1.29, 1.82) is 0 Å². The van der Waals surface area contributed by atoms with Gasteiger partial charge in [0.05, 0.1) is 12.8 Å².